The van der Waals surface area contributed by atoms with Crippen LogP contribution in [0.5, 0.6) is 0 Å². The average molecular weight is 309 g/mol. The molecule has 0 aromatic heterocycles. The lowest BCUT2D eigenvalue weighted by molar-refractivity contribution is -0.154. The van der Waals surface area contributed by atoms with Crippen LogP contribution in [-0.2, 0) is 19.1 Å². The van der Waals surface area contributed by atoms with Crippen molar-refractivity contribution in [2.75, 3.05) is 0 Å². The van der Waals surface area contributed by atoms with E-state index in [0.29, 0.717) is 12.0 Å². The Kier molecular flexibility index (Phi) is 6.21. The summed E-state index contributed by atoms with van der Waals surface area (Å²) in [6.07, 6.45) is 5.07. The number of carbonyl (C=O) groups is 2. The zero-order chi connectivity index (χ0) is 16.9. The molecule has 0 saturated carbocycles. The Hall–Kier alpha value is -1.78. The summed E-state index contributed by atoms with van der Waals surface area (Å²) in [6.45, 7) is 11.3. The lowest BCUT2D eigenvalue weighted by atomic mass is 9.86. The van der Waals surface area contributed by atoms with Gasteiger partial charge in [0.05, 0.1) is 17.8 Å². The lowest BCUT2D eigenvalue weighted by Crippen LogP contribution is -2.52. The van der Waals surface area contributed by atoms with E-state index in [9.17, 15) is 9.59 Å². The number of nitrogens with one attached hydrogen (secondary N) is 1. The van der Waals surface area contributed by atoms with Gasteiger partial charge in [0, 0.05) is 6.20 Å². The van der Waals surface area contributed by atoms with Crippen LogP contribution in [0.15, 0.2) is 23.9 Å². The molecule has 0 unspecified atom stereocenters. The third-order valence-corrected chi connectivity index (χ3v) is 3.05. The molecule has 1 N–H and O–H groups in total. The minimum Gasteiger partial charge on any atom is -0.461 e. The third-order valence-electron chi connectivity index (χ3n) is 3.05. The normalized spacial score (nSPS) is 20.9. The quantitative estimate of drug-likeness (QED) is 0.764. The van der Waals surface area contributed by atoms with Gasteiger partial charge in [0.1, 0.15) is 0 Å². The molecular formula is C17H27NO4. The molecule has 0 saturated heterocycles. The molecule has 0 bridgehead atoms. The molecule has 0 spiro atoms. The molecule has 5 heteroatoms. The van der Waals surface area contributed by atoms with E-state index in [2.05, 4.69) is 5.32 Å². The average Bonchev–Trinajstić information content (AvgIpc) is 2.36. The van der Waals surface area contributed by atoms with Crippen LogP contribution >= 0.6 is 0 Å². The van der Waals surface area contributed by atoms with Gasteiger partial charge in [-0.05, 0) is 52.2 Å². The summed E-state index contributed by atoms with van der Waals surface area (Å²) in [5.74, 6) is -0.455. The first-order valence-corrected chi connectivity index (χ1v) is 7.75. The van der Waals surface area contributed by atoms with Crippen molar-refractivity contribution in [3.8, 4) is 0 Å². The Labute approximate surface area is 132 Å². The number of dihydropyridines is 1. The molecule has 0 amide bonds. The second kappa shape index (κ2) is 7.47. The fourth-order valence-electron chi connectivity index (χ4n) is 2.24. The Balaban J connectivity index is 2.91. The second-order valence-electron chi connectivity index (χ2n) is 6.55. The highest BCUT2D eigenvalue weighted by atomic mass is 16.5. The SMILES string of the molecule is CC(C)C[C@@]1(C(=O)OC(C)C)C=CC(C(=O)OC(C)C)=CN1. The highest BCUT2D eigenvalue weighted by Crippen LogP contribution is 2.25. The van der Waals surface area contributed by atoms with Gasteiger partial charge in [-0.1, -0.05) is 13.8 Å². The molecule has 1 rings (SSSR count). The van der Waals surface area contributed by atoms with Crippen molar-refractivity contribution in [2.45, 2.75) is 65.7 Å². The van der Waals surface area contributed by atoms with Crippen LogP contribution in [-0.4, -0.2) is 29.7 Å². The number of rotatable bonds is 6. The number of carbonyl (C=O) groups excluding carboxylic acids is 2. The molecule has 0 aromatic rings. The number of hydrogen-bond donors (Lipinski definition) is 1. The maximum atomic E-state index is 12.4. The third kappa shape index (κ3) is 4.90. The van der Waals surface area contributed by atoms with Crippen molar-refractivity contribution in [1.29, 1.82) is 0 Å². The first kappa shape index (κ1) is 18.3. The van der Waals surface area contributed by atoms with Crippen molar-refractivity contribution in [3.63, 3.8) is 0 Å². The summed E-state index contributed by atoms with van der Waals surface area (Å²) in [7, 11) is 0. The van der Waals surface area contributed by atoms with Gasteiger partial charge in [0.15, 0.2) is 5.54 Å². The molecule has 124 valence electrons. The van der Waals surface area contributed by atoms with E-state index in [1.54, 1.807) is 26.0 Å². The molecule has 0 fully saturated rings. The van der Waals surface area contributed by atoms with E-state index < -0.39 is 11.5 Å². The molecule has 1 aliphatic heterocycles. The van der Waals surface area contributed by atoms with Gasteiger partial charge in [0.2, 0.25) is 0 Å². The van der Waals surface area contributed by atoms with Gasteiger partial charge in [-0.2, -0.15) is 0 Å². The smallest absolute Gasteiger partial charge is 0.339 e. The predicted molar refractivity (Wildman–Crippen MR) is 85.0 cm³/mol. The van der Waals surface area contributed by atoms with Crippen LogP contribution in [0.1, 0.15) is 48.0 Å². The summed E-state index contributed by atoms with van der Waals surface area (Å²) in [6, 6.07) is 0. The molecule has 5 nitrogen and oxygen atoms in total. The van der Waals surface area contributed by atoms with E-state index in [-0.39, 0.29) is 24.1 Å². The summed E-state index contributed by atoms with van der Waals surface area (Å²) < 4.78 is 10.5. The van der Waals surface area contributed by atoms with Crippen molar-refractivity contribution in [3.05, 3.63) is 23.9 Å². The minimum absolute atomic E-state index is 0.185. The van der Waals surface area contributed by atoms with Crippen LogP contribution in [0.2, 0.25) is 0 Å². The topological polar surface area (TPSA) is 64.6 Å². The molecule has 0 radical (unpaired) electrons. The van der Waals surface area contributed by atoms with Crippen molar-refractivity contribution >= 4 is 11.9 Å². The Morgan fingerprint density at radius 3 is 2.09 bits per heavy atom. The van der Waals surface area contributed by atoms with Crippen molar-refractivity contribution < 1.29 is 19.1 Å². The Bertz CT molecular complexity index is 477. The maximum Gasteiger partial charge on any atom is 0.339 e. The monoisotopic (exact) mass is 309 g/mol. The van der Waals surface area contributed by atoms with E-state index >= 15 is 0 Å². The van der Waals surface area contributed by atoms with Crippen LogP contribution < -0.4 is 5.32 Å². The first-order valence-electron chi connectivity index (χ1n) is 7.75. The summed E-state index contributed by atoms with van der Waals surface area (Å²) in [5.41, 5.74) is -0.537. The highest BCUT2D eigenvalue weighted by Gasteiger charge is 2.39. The number of esters is 2. The fourth-order valence-corrected chi connectivity index (χ4v) is 2.24. The molecule has 1 atom stereocenters. The maximum absolute atomic E-state index is 12.4. The zero-order valence-corrected chi connectivity index (χ0v) is 14.3. The Morgan fingerprint density at radius 1 is 1.09 bits per heavy atom. The van der Waals surface area contributed by atoms with Crippen molar-refractivity contribution in [2.24, 2.45) is 5.92 Å². The summed E-state index contributed by atoms with van der Waals surface area (Å²) in [5, 5.41) is 3.05. The van der Waals surface area contributed by atoms with E-state index in [0.717, 1.165) is 0 Å². The number of hydrogen-bond acceptors (Lipinski definition) is 5. The highest BCUT2D eigenvalue weighted by molar-refractivity contribution is 5.93. The van der Waals surface area contributed by atoms with E-state index in [1.807, 2.05) is 27.7 Å². The van der Waals surface area contributed by atoms with Crippen LogP contribution in [0.25, 0.3) is 0 Å². The fraction of sp³-hybridized carbons (Fsp3) is 0.647. The van der Waals surface area contributed by atoms with Gasteiger partial charge in [-0.3, -0.25) is 0 Å². The molecule has 1 heterocycles. The summed E-state index contributed by atoms with van der Waals surface area (Å²) in [4.78, 5) is 24.3. The molecule has 0 aromatic carbocycles. The Morgan fingerprint density at radius 2 is 1.68 bits per heavy atom. The van der Waals surface area contributed by atoms with Gasteiger partial charge in [-0.25, -0.2) is 9.59 Å². The molecular weight excluding hydrogens is 282 g/mol. The van der Waals surface area contributed by atoms with E-state index in [1.165, 1.54) is 6.20 Å². The van der Waals surface area contributed by atoms with Gasteiger partial charge in [-0.15, -0.1) is 0 Å². The van der Waals surface area contributed by atoms with Crippen LogP contribution in [0.4, 0.5) is 0 Å². The molecule has 1 aliphatic rings. The zero-order valence-electron chi connectivity index (χ0n) is 14.3. The van der Waals surface area contributed by atoms with Gasteiger partial charge in [0.25, 0.3) is 0 Å². The lowest BCUT2D eigenvalue weighted by Gasteiger charge is -2.33. The molecule has 22 heavy (non-hydrogen) atoms. The van der Waals surface area contributed by atoms with Gasteiger partial charge >= 0.3 is 11.9 Å². The standard InChI is InChI=1S/C17H27NO4/c1-11(2)9-17(16(20)22-13(5)6)8-7-14(10-18-17)15(19)21-12(3)4/h7-8,10-13,18H,9H2,1-6H3/t17-/m1/s1. The summed E-state index contributed by atoms with van der Waals surface area (Å²) >= 11 is 0. The van der Waals surface area contributed by atoms with Crippen LogP contribution in [0, 0.1) is 5.92 Å². The molecule has 0 aliphatic carbocycles. The largest absolute Gasteiger partial charge is 0.461 e. The van der Waals surface area contributed by atoms with Crippen molar-refractivity contribution in [1.82, 2.24) is 5.32 Å². The second-order valence-corrected chi connectivity index (χ2v) is 6.55. The number of ether oxygens (including phenoxy) is 2. The predicted octanol–water partition coefficient (Wildman–Crippen LogP) is 2.72. The van der Waals surface area contributed by atoms with E-state index in [4.69, 9.17) is 9.47 Å². The first-order chi connectivity index (χ1) is 10.2. The van der Waals surface area contributed by atoms with Crippen LogP contribution in [0.3, 0.4) is 0 Å². The minimum atomic E-state index is -0.931. The van der Waals surface area contributed by atoms with Gasteiger partial charge < -0.3 is 14.8 Å².